The first-order valence-electron chi connectivity index (χ1n) is 32.4. The lowest BCUT2D eigenvalue weighted by atomic mass is 10.1. The maximum absolute atomic E-state index is 2.92. The van der Waals surface area contributed by atoms with E-state index < -0.39 is 0 Å². The van der Waals surface area contributed by atoms with E-state index in [9.17, 15) is 0 Å². The molecule has 13 nitrogen and oxygen atoms in total. The number of likely N-dealkylation sites (tertiary alicyclic amines) is 2. The summed E-state index contributed by atoms with van der Waals surface area (Å²) in [7, 11) is 27.2. The highest BCUT2D eigenvalue weighted by molar-refractivity contribution is 5.09. The molecule has 0 unspecified atom stereocenters. The molecule has 0 saturated carbocycles. The summed E-state index contributed by atoms with van der Waals surface area (Å²) in [6.45, 7) is 19.3. The van der Waals surface area contributed by atoms with Crippen molar-refractivity contribution in [3.05, 3.63) is 189 Å². The molecular weight excluding hydrogens is 1060 g/mol. The van der Waals surface area contributed by atoms with Crippen LogP contribution in [0.4, 0.5) is 0 Å². The van der Waals surface area contributed by atoms with Gasteiger partial charge < -0.3 is 58.5 Å². The van der Waals surface area contributed by atoms with Gasteiger partial charge in [-0.2, -0.15) is 0 Å². The van der Waals surface area contributed by atoms with Crippen LogP contribution in [0.3, 0.4) is 0 Å². The van der Waals surface area contributed by atoms with Crippen molar-refractivity contribution in [2.75, 3.05) is 189 Å². The van der Waals surface area contributed by atoms with E-state index in [1.165, 1.54) is 149 Å². The van der Waals surface area contributed by atoms with Crippen molar-refractivity contribution in [2.45, 2.75) is 83.5 Å². The van der Waals surface area contributed by atoms with Gasteiger partial charge in [0.15, 0.2) is 0 Å². The smallest absolute Gasteiger partial charge is 0.0461 e. The number of aromatic nitrogens is 1. The molecule has 2 fully saturated rings. The molecule has 2 saturated heterocycles. The van der Waals surface area contributed by atoms with Gasteiger partial charge >= 0.3 is 0 Å². The van der Waals surface area contributed by atoms with Gasteiger partial charge in [0.05, 0.1) is 0 Å². The van der Waals surface area contributed by atoms with Crippen LogP contribution in [0.2, 0.25) is 0 Å². The van der Waals surface area contributed by atoms with Gasteiger partial charge in [0.1, 0.15) is 0 Å². The van der Waals surface area contributed by atoms with Crippen molar-refractivity contribution < 1.29 is 0 Å². The van der Waals surface area contributed by atoms with E-state index in [0.29, 0.717) is 0 Å². The predicted molar refractivity (Wildman–Crippen MR) is 379 cm³/mol. The van der Waals surface area contributed by atoms with E-state index in [-0.39, 0.29) is 0 Å². The van der Waals surface area contributed by atoms with E-state index in [0.717, 1.165) is 39.3 Å². The van der Waals surface area contributed by atoms with Gasteiger partial charge in [0, 0.05) is 160 Å². The second-order valence-corrected chi connectivity index (χ2v) is 23.7. The lowest BCUT2D eigenvalue weighted by Gasteiger charge is -2.20. The molecule has 13 rings (SSSR count). The zero-order valence-electron chi connectivity index (χ0n) is 57.1. The highest BCUT2D eigenvalue weighted by Gasteiger charge is 2.04. The minimum absolute atomic E-state index is 1.05. The molecule has 0 amide bonds. The minimum Gasteiger partial charge on any atom is -0.381 e. The molecular formula is C73H127N13. The van der Waals surface area contributed by atoms with Crippen LogP contribution in [0, 0.1) is 0 Å². The summed E-state index contributed by atoms with van der Waals surface area (Å²) < 4.78 is 2.00. The van der Waals surface area contributed by atoms with Gasteiger partial charge in [-0.15, -0.1) is 5.73 Å². The zero-order valence-corrected chi connectivity index (χ0v) is 57.1. The second-order valence-electron chi connectivity index (χ2n) is 23.7. The molecule has 0 spiro atoms. The van der Waals surface area contributed by atoms with Crippen molar-refractivity contribution in [1.82, 2.24) is 63.4 Å². The van der Waals surface area contributed by atoms with Crippen LogP contribution >= 0.6 is 0 Å². The Morgan fingerprint density at radius 3 is 0.791 bits per heavy atom. The molecule has 13 heteroatoms. The number of aryl methyl sites for hydroxylation is 1. The third kappa shape index (κ3) is 53.5. The topological polar surface area (TPSA) is 43.8 Å². The number of hydrogen-bond donors (Lipinski definition) is 0. The van der Waals surface area contributed by atoms with E-state index in [1.54, 1.807) is 0 Å². The predicted octanol–water partition coefficient (Wildman–Crippen LogP) is 12.3. The van der Waals surface area contributed by atoms with Crippen LogP contribution in [-0.4, -0.2) is 253 Å². The molecule has 13 heterocycles. The van der Waals surface area contributed by atoms with Gasteiger partial charge in [-0.25, -0.2) is 0 Å². The molecule has 0 aromatic carbocycles. The zero-order chi connectivity index (χ0) is 62.9. The quantitative estimate of drug-likeness (QED) is 0.184. The Hall–Kier alpha value is -5.92. The molecule has 1 aromatic heterocycles. The molecule has 86 heavy (non-hydrogen) atoms. The van der Waals surface area contributed by atoms with Gasteiger partial charge in [0.25, 0.3) is 0 Å². The maximum atomic E-state index is 2.92. The summed E-state index contributed by atoms with van der Waals surface area (Å²) >= 11 is 0. The first-order valence-corrected chi connectivity index (χ1v) is 32.4. The Labute approximate surface area is 529 Å². The Bertz CT molecular complexity index is 2040. The van der Waals surface area contributed by atoms with Crippen LogP contribution in [0.5, 0.6) is 0 Å². The molecule has 12 aliphatic rings. The first-order chi connectivity index (χ1) is 41.6. The van der Waals surface area contributed by atoms with Gasteiger partial charge in [-0.3, -0.25) is 4.90 Å². The fourth-order valence-electron chi connectivity index (χ4n) is 8.80. The summed E-state index contributed by atoms with van der Waals surface area (Å²) in [5, 5.41) is 0. The first kappa shape index (κ1) is 78.1. The number of piperidine rings is 1. The van der Waals surface area contributed by atoms with E-state index in [1.807, 2.05) is 84.8 Å². The highest BCUT2D eigenvalue weighted by Crippen LogP contribution is 2.06. The van der Waals surface area contributed by atoms with Gasteiger partial charge in [-0.05, 0) is 212 Å². The second kappa shape index (κ2) is 55.6. The van der Waals surface area contributed by atoms with Crippen LogP contribution in [-0.2, 0) is 7.05 Å². The molecule has 12 aliphatic heterocycles. The Kier molecular flexibility index (Phi) is 50.5. The summed E-state index contributed by atoms with van der Waals surface area (Å²) in [6, 6.07) is 4.00. The maximum Gasteiger partial charge on any atom is 0.0461 e. The third-order valence-corrected chi connectivity index (χ3v) is 14.4. The lowest BCUT2D eigenvalue weighted by molar-refractivity contribution is 0.277. The highest BCUT2D eigenvalue weighted by atomic mass is 15.1. The Morgan fingerprint density at radius 2 is 0.640 bits per heavy atom. The van der Waals surface area contributed by atoms with E-state index >= 15 is 0 Å². The monoisotopic (exact) mass is 1190 g/mol. The summed E-state index contributed by atoms with van der Waals surface area (Å²) in [4.78, 5) is 26.6. The molecule has 1 aromatic rings. The lowest BCUT2D eigenvalue weighted by Crippen LogP contribution is -2.24. The van der Waals surface area contributed by atoms with Gasteiger partial charge in [0.2, 0.25) is 0 Å². The van der Waals surface area contributed by atoms with Gasteiger partial charge in [-0.1, -0.05) is 91.5 Å². The van der Waals surface area contributed by atoms with E-state index in [4.69, 9.17) is 0 Å². The number of nitrogens with zero attached hydrogens (tertiary/aromatic N) is 13. The van der Waals surface area contributed by atoms with Crippen LogP contribution in [0.25, 0.3) is 0 Å². The van der Waals surface area contributed by atoms with Crippen molar-refractivity contribution >= 4 is 0 Å². The number of hydrogen-bond acceptors (Lipinski definition) is 12. The minimum atomic E-state index is 1.05. The van der Waals surface area contributed by atoms with Crippen molar-refractivity contribution in [3.8, 4) is 0 Å². The molecule has 0 bridgehead atoms. The Morgan fingerprint density at radius 1 is 0.256 bits per heavy atom. The molecule has 0 radical (unpaired) electrons. The fourth-order valence-corrected chi connectivity index (χ4v) is 8.80. The summed E-state index contributed by atoms with van der Waals surface area (Å²) in [5.41, 5.74) is 2.92. The Balaban J connectivity index is 0.000000466. The molecule has 0 N–H and O–H groups in total. The van der Waals surface area contributed by atoms with E-state index in [2.05, 4.69) is 259 Å². The number of likely N-dealkylation sites (N-methyl/N-ethyl adjacent to an activating group) is 5. The SMILES string of the molecule is CN1C=C=CC=C1.CN1C=CC=CC1.CN1C=CC=CC1.CN1C=CCC1.CN1C=CCC1.CN1C=CCCC1.CN1C=CCCC1.CN1CC=CC1.CN1CC=CCC1.CN1CC=CCC1.CN1CCCC1.CN1CCCCC1.Cn1cccc1. The normalized spacial score (nSPS) is 20.1. The van der Waals surface area contributed by atoms with Crippen LogP contribution in [0.1, 0.15) is 83.5 Å². The molecule has 0 atom stereocenters. The average molecular weight is 1190 g/mol. The molecule has 484 valence electrons. The van der Waals surface area contributed by atoms with Crippen LogP contribution in [0.15, 0.2) is 189 Å². The summed E-state index contributed by atoms with van der Waals surface area (Å²) in [5.74, 6) is 0. The summed E-state index contributed by atoms with van der Waals surface area (Å²) in [6.07, 6.45) is 76.0. The van der Waals surface area contributed by atoms with Crippen LogP contribution < -0.4 is 0 Å². The average Bonchev–Trinajstić information content (AvgIpc) is 4.43. The molecule has 0 aliphatic carbocycles. The fraction of sp³-hybridized carbons (Fsp3) is 0.575. The number of rotatable bonds is 0. The largest absolute Gasteiger partial charge is 0.381 e. The standard InChI is InChI=1S/C6H13N.4C6H11N.2C6H9N.C6H7N.C5H11N.3C5H9N.C5H7N/c8*1-7-5-3-2-4-6-7;5*1-6-4-2-3-5-6/h2-6H2,1H3;2*3,5H,2,4,6H2,1H3;2*2-3H,4-6H2,1H3;2*2-5H,6H2,1H3;2-3,5-6H,1H3;2-5H2,1H3;2*2,4H,3,5H2,1H3;2-3H,4-5H2,1H3;2-5H,1H3. The van der Waals surface area contributed by atoms with Crippen molar-refractivity contribution in [1.29, 1.82) is 0 Å². The third-order valence-electron chi connectivity index (χ3n) is 14.4. The van der Waals surface area contributed by atoms with Crippen molar-refractivity contribution in [3.63, 3.8) is 0 Å². The van der Waals surface area contributed by atoms with Crippen molar-refractivity contribution in [2.24, 2.45) is 7.05 Å². The number of allylic oxidation sites excluding steroid dienone is 8.